The summed E-state index contributed by atoms with van der Waals surface area (Å²) < 4.78 is 12.9. The van der Waals surface area contributed by atoms with Gasteiger partial charge in [0.2, 0.25) is 0 Å². The first-order valence-corrected chi connectivity index (χ1v) is 10.1. The van der Waals surface area contributed by atoms with Gasteiger partial charge in [0, 0.05) is 6.61 Å². The van der Waals surface area contributed by atoms with E-state index in [4.69, 9.17) is 9.47 Å². The lowest BCUT2D eigenvalue weighted by Crippen LogP contribution is -2.38. The zero-order valence-electron chi connectivity index (χ0n) is 18.7. The third-order valence-electron chi connectivity index (χ3n) is 4.08. The summed E-state index contributed by atoms with van der Waals surface area (Å²) in [5.74, 6) is 0.617. The van der Waals surface area contributed by atoms with Crippen LogP contribution in [-0.2, 0) is 23.5 Å². The van der Waals surface area contributed by atoms with E-state index in [1.165, 1.54) is 4.68 Å². The summed E-state index contributed by atoms with van der Waals surface area (Å²) in [6.45, 7) is 17.6. The summed E-state index contributed by atoms with van der Waals surface area (Å²) in [5, 5.41) is 4.32. The molecule has 2 aromatic rings. The molecule has 0 amide bonds. The second-order valence-electron chi connectivity index (χ2n) is 7.71. The van der Waals surface area contributed by atoms with Crippen molar-refractivity contribution < 1.29 is 9.47 Å². The lowest BCUT2D eigenvalue weighted by molar-refractivity contribution is 0.134. The Bertz CT molecular complexity index is 772. The van der Waals surface area contributed by atoms with E-state index in [-0.39, 0.29) is 17.0 Å². The maximum atomic E-state index is 12.8. The highest BCUT2D eigenvalue weighted by atomic mass is 16.5. The second kappa shape index (κ2) is 11.0. The van der Waals surface area contributed by atoms with Crippen LogP contribution < -0.4 is 10.3 Å². The Morgan fingerprint density at radius 3 is 2.04 bits per heavy atom. The van der Waals surface area contributed by atoms with Gasteiger partial charge in [-0.3, -0.25) is 4.79 Å². The van der Waals surface area contributed by atoms with Crippen molar-refractivity contribution in [2.24, 2.45) is 0 Å². The fourth-order valence-electron chi connectivity index (χ4n) is 2.69. The van der Waals surface area contributed by atoms with E-state index in [0.717, 1.165) is 11.1 Å². The molecule has 0 fully saturated rings. The van der Waals surface area contributed by atoms with Crippen molar-refractivity contribution in [3.8, 4) is 5.75 Å². The molecule has 0 atom stereocenters. The first-order chi connectivity index (χ1) is 13.2. The van der Waals surface area contributed by atoms with E-state index in [1.807, 2.05) is 79.7 Å². The van der Waals surface area contributed by atoms with E-state index in [9.17, 15) is 4.79 Å². The molecule has 0 saturated heterocycles. The largest absolute Gasteiger partial charge is 0.487 e. The van der Waals surface area contributed by atoms with Gasteiger partial charge in [0.15, 0.2) is 0 Å². The van der Waals surface area contributed by atoms with Crippen molar-refractivity contribution in [2.75, 3.05) is 6.61 Å². The van der Waals surface area contributed by atoms with Crippen LogP contribution in [0.1, 0.15) is 78.0 Å². The number of benzene rings is 1. The van der Waals surface area contributed by atoms with Crippen molar-refractivity contribution in [3.05, 3.63) is 57.5 Å². The van der Waals surface area contributed by atoms with Crippen molar-refractivity contribution in [1.29, 1.82) is 0 Å². The van der Waals surface area contributed by atoms with Gasteiger partial charge in [-0.25, -0.2) is 4.68 Å². The smallest absolute Gasteiger partial charge is 0.274 e. The Morgan fingerprint density at radius 2 is 1.57 bits per heavy atom. The van der Waals surface area contributed by atoms with Crippen LogP contribution in [0.4, 0.5) is 0 Å². The predicted molar refractivity (Wildman–Crippen MR) is 115 cm³/mol. The highest BCUT2D eigenvalue weighted by Crippen LogP contribution is 2.24. The molecule has 0 aliphatic carbocycles. The lowest BCUT2D eigenvalue weighted by Gasteiger charge is -2.23. The summed E-state index contributed by atoms with van der Waals surface area (Å²) in [4.78, 5) is 12.8. The molecule has 0 saturated carbocycles. The molecule has 0 N–H and O–H groups in total. The topological polar surface area (TPSA) is 53.4 Å². The van der Waals surface area contributed by atoms with Gasteiger partial charge in [-0.2, -0.15) is 5.10 Å². The molecule has 156 valence electrons. The van der Waals surface area contributed by atoms with Gasteiger partial charge in [0.25, 0.3) is 5.56 Å². The van der Waals surface area contributed by atoms with Gasteiger partial charge in [-0.15, -0.1) is 0 Å². The molecule has 2 rings (SSSR count). The third kappa shape index (κ3) is 6.48. The van der Waals surface area contributed by atoms with E-state index >= 15 is 0 Å². The minimum atomic E-state index is -0.365. The molecule has 1 heterocycles. The maximum Gasteiger partial charge on any atom is 0.274 e. The number of rotatable bonds is 7. The number of ether oxygens (including phenoxy) is 2. The van der Waals surface area contributed by atoms with E-state index < -0.39 is 0 Å². The number of hydrogen-bond acceptors (Lipinski definition) is 4. The second-order valence-corrected chi connectivity index (χ2v) is 7.71. The van der Waals surface area contributed by atoms with Crippen molar-refractivity contribution in [1.82, 2.24) is 9.78 Å². The highest BCUT2D eigenvalue weighted by Gasteiger charge is 2.22. The van der Waals surface area contributed by atoms with Crippen LogP contribution in [0, 0.1) is 0 Å². The van der Waals surface area contributed by atoms with Gasteiger partial charge in [0.05, 0.1) is 23.9 Å². The van der Waals surface area contributed by atoms with Crippen LogP contribution in [-0.4, -0.2) is 16.4 Å². The average molecular weight is 389 g/mol. The standard InChI is InChI=1S/C21H30N2O3.C2H6/c1-7-25-13-16-8-10-17(11-9-16)14-26-18-12-22-23(21(4,5)6)20(24)19(18)15(2)3;1-2/h8-12,15H,7,13-14H2,1-6H3;1-2H3. The summed E-state index contributed by atoms with van der Waals surface area (Å²) >= 11 is 0. The quantitative estimate of drug-likeness (QED) is 0.649. The first kappa shape index (κ1) is 23.9. The number of hydrogen-bond donors (Lipinski definition) is 0. The molecule has 1 aromatic heterocycles. The summed E-state index contributed by atoms with van der Waals surface area (Å²) in [6.07, 6.45) is 1.66. The molecule has 0 aliphatic heterocycles. The molecule has 5 heteroatoms. The molecule has 1 aromatic carbocycles. The number of nitrogens with zero attached hydrogens (tertiary/aromatic N) is 2. The molecule has 0 aliphatic rings. The Hall–Kier alpha value is -2.14. The van der Waals surface area contributed by atoms with Crippen molar-refractivity contribution in [2.45, 2.75) is 80.1 Å². The monoisotopic (exact) mass is 388 g/mol. The number of aromatic nitrogens is 2. The molecule has 0 radical (unpaired) electrons. The predicted octanol–water partition coefficient (Wildman–Crippen LogP) is 5.26. The Morgan fingerprint density at radius 1 is 1.04 bits per heavy atom. The molecule has 0 spiro atoms. The van der Waals surface area contributed by atoms with Gasteiger partial charge >= 0.3 is 0 Å². The SMILES string of the molecule is CC.CCOCc1ccc(COc2cnn(C(C)(C)C)c(=O)c2C(C)C)cc1. The van der Waals surface area contributed by atoms with E-state index in [2.05, 4.69) is 5.10 Å². The van der Waals surface area contributed by atoms with Crippen LogP contribution in [0.2, 0.25) is 0 Å². The zero-order valence-corrected chi connectivity index (χ0v) is 18.7. The lowest BCUT2D eigenvalue weighted by atomic mass is 10.0. The molecule has 0 bridgehead atoms. The molecular weight excluding hydrogens is 352 g/mol. The van der Waals surface area contributed by atoms with Crippen LogP contribution in [0.25, 0.3) is 0 Å². The first-order valence-electron chi connectivity index (χ1n) is 10.1. The van der Waals surface area contributed by atoms with Gasteiger partial charge in [-0.05, 0) is 44.7 Å². The zero-order chi connectivity index (χ0) is 21.3. The van der Waals surface area contributed by atoms with E-state index in [1.54, 1.807) is 6.20 Å². The Balaban J connectivity index is 0.00000190. The van der Waals surface area contributed by atoms with Crippen LogP contribution in [0.5, 0.6) is 5.75 Å². The van der Waals surface area contributed by atoms with Gasteiger partial charge < -0.3 is 9.47 Å². The van der Waals surface area contributed by atoms with Crippen molar-refractivity contribution in [3.63, 3.8) is 0 Å². The maximum absolute atomic E-state index is 12.8. The Labute approximate surface area is 169 Å². The Kier molecular flexibility index (Phi) is 9.39. The van der Waals surface area contributed by atoms with Crippen LogP contribution >= 0.6 is 0 Å². The molecular formula is C23H36N2O3. The summed E-state index contributed by atoms with van der Waals surface area (Å²) in [7, 11) is 0. The average Bonchev–Trinajstić information content (AvgIpc) is 2.65. The summed E-state index contributed by atoms with van der Waals surface area (Å²) in [6, 6.07) is 8.11. The fraction of sp³-hybridized carbons (Fsp3) is 0.565. The minimum Gasteiger partial charge on any atom is -0.487 e. The third-order valence-corrected chi connectivity index (χ3v) is 4.08. The fourth-order valence-corrected chi connectivity index (χ4v) is 2.69. The highest BCUT2D eigenvalue weighted by molar-refractivity contribution is 5.32. The normalized spacial score (nSPS) is 11.2. The van der Waals surface area contributed by atoms with Crippen molar-refractivity contribution >= 4 is 0 Å². The van der Waals surface area contributed by atoms with Gasteiger partial charge in [-0.1, -0.05) is 52.0 Å². The minimum absolute atomic E-state index is 0.0580. The molecule has 0 unspecified atom stereocenters. The van der Waals surface area contributed by atoms with E-state index in [0.29, 0.717) is 31.1 Å². The molecule has 5 nitrogen and oxygen atoms in total. The van der Waals surface area contributed by atoms with Gasteiger partial charge in [0.1, 0.15) is 12.4 Å². The van der Waals surface area contributed by atoms with Crippen LogP contribution in [0.3, 0.4) is 0 Å². The summed E-state index contributed by atoms with van der Waals surface area (Å²) in [5.41, 5.74) is 2.39. The van der Waals surface area contributed by atoms with Crippen LogP contribution in [0.15, 0.2) is 35.3 Å². The molecule has 28 heavy (non-hydrogen) atoms.